The van der Waals surface area contributed by atoms with E-state index in [0.717, 1.165) is 24.5 Å². The highest BCUT2D eigenvalue weighted by Crippen LogP contribution is 2.18. The molecule has 2 aromatic heterocycles. The molecule has 3 heterocycles. The van der Waals surface area contributed by atoms with E-state index in [1.54, 1.807) is 25.4 Å². The summed E-state index contributed by atoms with van der Waals surface area (Å²) in [6, 6.07) is 7.23. The fourth-order valence-electron chi connectivity index (χ4n) is 2.61. The predicted octanol–water partition coefficient (Wildman–Crippen LogP) is 1.59. The van der Waals surface area contributed by atoms with Crippen LogP contribution in [0, 0.1) is 0 Å². The fourth-order valence-corrected chi connectivity index (χ4v) is 2.61. The largest absolute Gasteiger partial charge is 0.453 e. The molecule has 0 saturated carbocycles. The zero-order valence-electron chi connectivity index (χ0n) is 13.7. The van der Waals surface area contributed by atoms with Gasteiger partial charge < -0.3 is 24.1 Å². The van der Waals surface area contributed by atoms with Gasteiger partial charge in [0.2, 0.25) is 0 Å². The molecule has 0 atom stereocenters. The molecule has 0 aliphatic carbocycles. The first-order valence-electron chi connectivity index (χ1n) is 7.90. The summed E-state index contributed by atoms with van der Waals surface area (Å²) >= 11 is 0. The lowest BCUT2D eigenvalue weighted by molar-refractivity contribution is 0.0914. The van der Waals surface area contributed by atoms with Crippen LogP contribution in [0.4, 0.5) is 5.82 Å². The van der Waals surface area contributed by atoms with Gasteiger partial charge in [-0.1, -0.05) is 6.07 Å². The summed E-state index contributed by atoms with van der Waals surface area (Å²) in [6.45, 7) is 3.72. The maximum absolute atomic E-state index is 12.2. The Morgan fingerprint density at radius 3 is 2.96 bits per heavy atom. The van der Waals surface area contributed by atoms with Crippen LogP contribution in [0.2, 0.25) is 0 Å². The van der Waals surface area contributed by atoms with Crippen LogP contribution < -0.4 is 10.2 Å². The minimum Gasteiger partial charge on any atom is -0.453 e. The molecule has 128 valence electrons. The maximum atomic E-state index is 12.2. The SMILES string of the molecule is COCc1ccc(C(=O)NCc2cccnc2N2CCOCC2)o1. The molecule has 7 heteroatoms. The van der Waals surface area contributed by atoms with E-state index in [1.807, 2.05) is 12.1 Å². The maximum Gasteiger partial charge on any atom is 0.287 e. The van der Waals surface area contributed by atoms with Crippen molar-refractivity contribution in [2.24, 2.45) is 0 Å². The Labute approximate surface area is 140 Å². The Bertz CT molecular complexity index is 680. The highest BCUT2D eigenvalue weighted by molar-refractivity contribution is 5.91. The van der Waals surface area contributed by atoms with Crippen LogP contribution in [0.5, 0.6) is 0 Å². The third-order valence-electron chi connectivity index (χ3n) is 3.79. The van der Waals surface area contributed by atoms with Gasteiger partial charge in [0.15, 0.2) is 5.76 Å². The number of nitrogens with one attached hydrogen (secondary N) is 1. The molecule has 0 bridgehead atoms. The van der Waals surface area contributed by atoms with Crippen molar-refractivity contribution in [3.8, 4) is 0 Å². The Morgan fingerprint density at radius 2 is 2.17 bits per heavy atom. The van der Waals surface area contributed by atoms with E-state index in [1.165, 1.54) is 0 Å². The number of aromatic nitrogens is 1. The molecule has 24 heavy (non-hydrogen) atoms. The summed E-state index contributed by atoms with van der Waals surface area (Å²) < 4.78 is 15.8. The van der Waals surface area contributed by atoms with Gasteiger partial charge in [-0.3, -0.25) is 4.79 Å². The second-order valence-electron chi connectivity index (χ2n) is 5.47. The molecular weight excluding hydrogens is 310 g/mol. The topological polar surface area (TPSA) is 76.8 Å². The number of methoxy groups -OCH3 is 1. The van der Waals surface area contributed by atoms with Crippen LogP contribution in [0.25, 0.3) is 0 Å². The Hall–Kier alpha value is -2.38. The summed E-state index contributed by atoms with van der Waals surface area (Å²) in [5.41, 5.74) is 0.969. The number of rotatable bonds is 6. The summed E-state index contributed by atoms with van der Waals surface area (Å²) in [6.07, 6.45) is 1.76. The van der Waals surface area contributed by atoms with Gasteiger partial charge >= 0.3 is 0 Å². The van der Waals surface area contributed by atoms with Crippen LogP contribution in [-0.2, 0) is 22.6 Å². The monoisotopic (exact) mass is 331 g/mol. The van der Waals surface area contributed by atoms with Crippen molar-refractivity contribution in [3.05, 3.63) is 47.5 Å². The average Bonchev–Trinajstić information content (AvgIpc) is 3.10. The van der Waals surface area contributed by atoms with Crippen LogP contribution in [0.15, 0.2) is 34.9 Å². The zero-order valence-corrected chi connectivity index (χ0v) is 13.7. The van der Waals surface area contributed by atoms with Crippen LogP contribution in [0.3, 0.4) is 0 Å². The lowest BCUT2D eigenvalue weighted by Gasteiger charge is -2.29. The first-order valence-corrected chi connectivity index (χ1v) is 7.90. The molecule has 1 aliphatic rings. The third-order valence-corrected chi connectivity index (χ3v) is 3.79. The summed E-state index contributed by atoms with van der Waals surface area (Å²) in [5, 5.41) is 2.88. The minimum atomic E-state index is -0.255. The second-order valence-corrected chi connectivity index (χ2v) is 5.47. The molecule has 0 unspecified atom stereocenters. The number of anilines is 1. The van der Waals surface area contributed by atoms with Crippen molar-refractivity contribution in [1.82, 2.24) is 10.3 Å². The molecule has 1 fully saturated rings. The van der Waals surface area contributed by atoms with Gasteiger partial charge in [0.1, 0.15) is 18.2 Å². The average molecular weight is 331 g/mol. The highest BCUT2D eigenvalue weighted by Gasteiger charge is 2.17. The highest BCUT2D eigenvalue weighted by atomic mass is 16.5. The number of carbonyl (C=O) groups is 1. The molecule has 2 aromatic rings. The third kappa shape index (κ3) is 3.93. The standard InChI is InChI=1S/C17H21N3O4/c1-22-12-14-4-5-15(24-14)17(21)19-11-13-3-2-6-18-16(13)20-7-9-23-10-8-20/h2-6H,7-12H2,1H3,(H,19,21). The van der Waals surface area contributed by atoms with Crippen LogP contribution >= 0.6 is 0 Å². The fraction of sp³-hybridized carbons (Fsp3) is 0.412. The first-order chi connectivity index (χ1) is 11.8. The number of furan rings is 1. The first kappa shape index (κ1) is 16.5. The molecule has 1 N–H and O–H groups in total. The number of hydrogen-bond acceptors (Lipinski definition) is 6. The van der Waals surface area contributed by atoms with E-state index in [-0.39, 0.29) is 11.7 Å². The number of carbonyl (C=O) groups excluding carboxylic acids is 1. The lowest BCUT2D eigenvalue weighted by atomic mass is 10.2. The van der Waals surface area contributed by atoms with E-state index in [9.17, 15) is 4.79 Å². The number of ether oxygens (including phenoxy) is 2. The zero-order chi connectivity index (χ0) is 16.8. The van der Waals surface area contributed by atoms with E-state index in [4.69, 9.17) is 13.9 Å². The number of morpholine rings is 1. The minimum absolute atomic E-state index is 0.255. The van der Waals surface area contributed by atoms with Gasteiger partial charge in [-0.25, -0.2) is 4.98 Å². The van der Waals surface area contributed by atoms with Crippen LogP contribution in [0.1, 0.15) is 21.9 Å². The molecule has 7 nitrogen and oxygen atoms in total. The Morgan fingerprint density at radius 1 is 1.33 bits per heavy atom. The van der Waals surface area contributed by atoms with Gasteiger partial charge in [-0.2, -0.15) is 0 Å². The smallest absolute Gasteiger partial charge is 0.287 e. The Balaban J connectivity index is 1.64. The van der Waals surface area contributed by atoms with Crippen molar-refractivity contribution in [2.75, 3.05) is 38.3 Å². The number of amides is 1. The van der Waals surface area contributed by atoms with Crippen molar-refractivity contribution < 1.29 is 18.7 Å². The van der Waals surface area contributed by atoms with Crippen molar-refractivity contribution in [1.29, 1.82) is 0 Å². The van der Waals surface area contributed by atoms with E-state index >= 15 is 0 Å². The Kier molecular flexibility index (Phi) is 5.45. The lowest BCUT2D eigenvalue weighted by Crippen LogP contribution is -2.37. The van der Waals surface area contributed by atoms with E-state index < -0.39 is 0 Å². The normalized spacial score (nSPS) is 14.6. The molecule has 0 radical (unpaired) electrons. The quantitative estimate of drug-likeness (QED) is 0.866. The predicted molar refractivity (Wildman–Crippen MR) is 87.9 cm³/mol. The molecule has 1 aliphatic heterocycles. The summed E-state index contributed by atoms with van der Waals surface area (Å²) in [5.74, 6) is 1.53. The van der Waals surface area contributed by atoms with E-state index in [2.05, 4.69) is 15.2 Å². The number of hydrogen-bond donors (Lipinski definition) is 1. The summed E-state index contributed by atoms with van der Waals surface area (Å²) in [7, 11) is 1.58. The number of nitrogens with zero attached hydrogens (tertiary/aromatic N) is 2. The summed E-state index contributed by atoms with van der Waals surface area (Å²) in [4.78, 5) is 18.9. The second kappa shape index (κ2) is 7.94. The van der Waals surface area contributed by atoms with Gasteiger partial charge in [0.25, 0.3) is 5.91 Å². The molecule has 0 aromatic carbocycles. The molecular formula is C17H21N3O4. The number of pyridine rings is 1. The molecule has 0 spiro atoms. The van der Waals surface area contributed by atoms with Gasteiger partial charge in [0, 0.05) is 38.5 Å². The van der Waals surface area contributed by atoms with Crippen molar-refractivity contribution >= 4 is 11.7 Å². The molecule has 1 saturated heterocycles. The van der Waals surface area contributed by atoms with Gasteiger partial charge in [-0.05, 0) is 18.2 Å². The van der Waals surface area contributed by atoms with Crippen molar-refractivity contribution in [2.45, 2.75) is 13.2 Å². The van der Waals surface area contributed by atoms with Crippen LogP contribution in [-0.4, -0.2) is 44.3 Å². The van der Waals surface area contributed by atoms with Crippen molar-refractivity contribution in [3.63, 3.8) is 0 Å². The van der Waals surface area contributed by atoms with E-state index in [0.29, 0.717) is 32.1 Å². The molecule has 3 rings (SSSR count). The van der Waals surface area contributed by atoms with Gasteiger partial charge in [-0.15, -0.1) is 0 Å². The molecule has 1 amide bonds. The van der Waals surface area contributed by atoms with Gasteiger partial charge in [0.05, 0.1) is 13.2 Å².